The van der Waals surface area contributed by atoms with Crippen molar-refractivity contribution in [3.8, 4) is 0 Å². The zero-order chi connectivity index (χ0) is 26.5. The number of ether oxygens (including phenoxy) is 2. The van der Waals surface area contributed by atoms with Crippen LogP contribution in [-0.2, 0) is 19.1 Å². The molecule has 1 atom stereocenters. The van der Waals surface area contributed by atoms with Gasteiger partial charge in [0.15, 0.2) is 0 Å². The molecule has 4 nitrogen and oxygen atoms in total. The van der Waals surface area contributed by atoms with Crippen molar-refractivity contribution >= 4 is 12.3 Å². The van der Waals surface area contributed by atoms with Crippen LogP contribution in [0.5, 0.6) is 0 Å². The number of hydrogen-bond acceptors (Lipinski definition) is 4. The minimum absolute atomic E-state index is 0.0130. The first kappa shape index (κ1) is 35.1. The summed E-state index contributed by atoms with van der Waals surface area (Å²) >= 11 is 0. The molecule has 4 heteroatoms. The average molecular weight is 511 g/mol. The van der Waals surface area contributed by atoms with E-state index in [0.29, 0.717) is 18.9 Å². The minimum atomic E-state index is 0.0130. The van der Waals surface area contributed by atoms with Gasteiger partial charge in [-0.05, 0) is 44.4 Å². The van der Waals surface area contributed by atoms with Crippen LogP contribution in [0.25, 0.3) is 0 Å². The summed E-state index contributed by atoms with van der Waals surface area (Å²) in [6.07, 6.45) is 28.1. The van der Waals surface area contributed by atoms with Gasteiger partial charge in [0.2, 0.25) is 0 Å². The molecule has 0 saturated carbocycles. The number of rotatable bonds is 29. The highest BCUT2D eigenvalue weighted by atomic mass is 16.5. The Labute approximate surface area is 225 Å². The van der Waals surface area contributed by atoms with E-state index in [9.17, 15) is 9.59 Å². The van der Waals surface area contributed by atoms with Gasteiger partial charge in [0.1, 0.15) is 6.29 Å². The average Bonchev–Trinajstić information content (AvgIpc) is 2.88. The highest BCUT2D eigenvalue weighted by Crippen LogP contribution is 2.22. The van der Waals surface area contributed by atoms with Gasteiger partial charge in [-0.2, -0.15) is 0 Å². The maximum absolute atomic E-state index is 12.3. The van der Waals surface area contributed by atoms with Crippen molar-refractivity contribution in [2.75, 3.05) is 20.3 Å². The standard InChI is InChI=1S/C32H62O4/c1-4-6-16-22-30(23-17-7-5-2)28-32(34)36-27-21-15-11-9-13-19-25-31(29-33)24-18-12-8-10-14-20-26-35-3/h29-31H,4-28H2,1-3H3. The number of hydrogen-bond donors (Lipinski definition) is 0. The van der Waals surface area contributed by atoms with Crippen LogP contribution in [0, 0.1) is 11.8 Å². The fraction of sp³-hybridized carbons (Fsp3) is 0.938. The van der Waals surface area contributed by atoms with Crippen molar-refractivity contribution < 1.29 is 19.1 Å². The van der Waals surface area contributed by atoms with Gasteiger partial charge in [-0.25, -0.2) is 0 Å². The predicted molar refractivity (Wildman–Crippen MR) is 153 cm³/mol. The Morgan fingerprint density at radius 3 is 1.53 bits per heavy atom. The van der Waals surface area contributed by atoms with E-state index in [0.717, 1.165) is 45.1 Å². The van der Waals surface area contributed by atoms with Crippen LogP contribution in [0.15, 0.2) is 0 Å². The predicted octanol–water partition coefficient (Wildman–Crippen LogP) is 9.62. The number of esters is 1. The summed E-state index contributed by atoms with van der Waals surface area (Å²) < 4.78 is 10.6. The lowest BCUT2D eigenvalue weighted by Gasteiger charge is -2.16. The molecule has 0 heterocycles. The van der Waals surface area contributed by atoms with Gasteiger partial charge in [-0.1, -0.05) is 117 Å². The van der Waals surface area contributed by atoms with E-state index in [2.05, 4.69) is 13.8 Å². The van der Waals surface area contributed by atoms with Crippen molar-refractivity contribution in [3.63, 3.8) is 0 Å². The van der Waals surface area contributed by atoms with Gasteiger partial charge < -0.3 is 14.3 Å². The molecule has 0 N–H and O–H groups in total. The molecule has 0 saturated heterocycles. The quantitative estimate of drug-likeness (QED) is 0.0571. The third kappa shape index (κ3) is 24.8. The summed E-state index contributed by atoms with van der Waals surface area (Å²) in [5.41, 5.74) is 0. The first-order chi connectivity index (χ1) is 17.7. The van der Waals surface area contributed by atoms with Crippen LogP contribution < -0.4 is 0 Å². The van der Waals surface area contributed by atoms with Gasteiger partial charge in [-0.3, -0.25) is 4.79 Å². The summed E-state index contributed by atoms with van der Waals surface area (Å²) in [7, 11) is 1.76. The number of carbonyl (C=O) groups excluding carboxylic acids is 2. The molecule has 0 aliphatic heterocycles. The van der Waals surface area contributed by atoms with Crippen molar-refractivity contribution in [3.05, 3.63) is 0 Å². The summed E-state index contributed by atoms with van der Waals surface area (Å²) in [4.78, 5) is 23.7. The van der Waals surface area contributed by atoms with Crippen LogP contribution >= 0.6 is 0 Å². The summed E-state index contributed by atoms with van der Waals surface area (Å²) in [5.74, 6) is 0.779. The molecular weight excluding hydrogens is 448 g/mol. The lowest BCUT2D eigenvalue weighted by Crippen LogP contribution is -2.13. The summed E-state index contributed by atoms with van der Waals surface area (Å²) in [5, 5.41) is 0. The first-order valence-electron chi connectivity index (χ1n) is 15.8. The van der Waals surface area contributed by atoms with E-state index >= 15 is 0 Å². The molecule has 0 aromatic rings. The highest BCUT2D eigenvalue weighted by molar-refractivity contribution is 5.69. The minimum Gasteiger partial charge on any atom is -0.466 e. The smallest absolute Gasteiger partial charge is 0.306 e. The van der Waals surface area contributed by atoms with Gasteiger partial charge in [-0.15, -0.1) is 0 Å². The zero-order valence-electron chi connectivity index (χ0n) is 24.5. The van der Waals surface area contributed by atoms with Gasteiger partial charge in [0.25, 0.3) is 0 Å². The fourth-order valence-corrected chi connectivity index (χ4v) is 5.05. The third-order valence-electron chi connectivity index (χ3n) is 7.49. The van der Waals surface area contributed by atoms with E-state index < -0.39 is 0 Å². The molecule has 1 unspecified atom stereocenters. The van der Waals surface area contributed by atoms with E-state index in [4.69, 9.17) is 9.47 Å². The Bertz CT molecular complexity index is 455. The molecule has 0 radical (unpaired) electrons. The maximum Gasteiger partial charge on any atom is 0.306 e. The number of unbranched alkanes of at least 4 members (excludes halogenated alkanes) is 14. The molecule has 0 aromatic carbocycles. The van der Waals surface area contributed by atoms with Crippen molar-refractivity contribution in [2.45, 2.75) is 162 Å². The van der Waals surface area contributed by atoms with Crippen molar-refractivity contribution in [1.29, 1.82) is 0 Å². The van der Waals surface area contributed by atoms with E-state index in [-0.39, 0.29) is 11.9 Å². The summed E-state index contributed by atoms with van der Waals surface area (Å²) in [6.45, 7) is 5.92. The van der Waals surface area contributed by atoms with Crippen molar-refractivity contribution in [2.24, 2.45) is 11.8 Å². The maximum atomic E-state index is 12.3. The van der Waals surface area contributed by atoms with Crippen LogP contribution in [0.2, 0.25) is 0 Å². The van der Waals surface area contributed by atoms with Crippen molar-refractivity contribution in [1.82, 2.24) is 0 Å². The van der Waals surface area contributed by atoms with E-state index in [1.54, 1.807) is 7.11 Å². The summed E-state index contributed by atoms with van der Waals surface area (Å²) in [6, 6.07) is 0. The number of methoxy groups -OCH3 is 1. The molecule has 36 heavy (non-hydrogen) atoms. The second-order valence-electron chi connectivity index (χ2n) is 11.0. The SMILES string of the molecule is CCCCCC(CCCCC)CC(=O)OCCCCCCCCC(C=O)CCCCCCCCOC. The second kappa shape index (κ2) is 28.7. The molecule has 0 fully saturated rings. The second-order valence-corrected chi connectivity index (χ2v) is 11.0. The largest absolute Gasteiger partial charge is 0.466 e. The van der Waals surface area contributed by atoms with E-state index in [1.807, 2.05) is 0 Å². The van der Waals surface area contributed by atoms with E-state index in [1.165, 1.54) is 109 Å². The number of aldehydes is 1. The molecule has 0 rings (SSSR count). The Hall–Kier alpha value is -0.900. The van der Waals surface area contributed by atoms with Gasteiger partial charge >= 0.3 is 5.97 Å². The topological polar surface area (TPSA) is 52.6 Å². The molecule has 0 aliphatic rings. The Kier molecular flexibility index (Phi) is 28.0. The monoisotopic (exact) mass is 510 g/mol. The molecule has 214 valence electrons. The van der Waals surface area contributed by atoms with Crippen LogP contribution in [0.4, 0.5) is 0 Å². The van der Waals surface area contributed by atoms with Crippen LogP contribution in [0.3, 0.4) is 0 Å². The Balaban J connectivity index is 3.67. The molecular formula is C32H62O4. The molecule has 0 amide bonds. The van der Waals surface area contributed by atoms with Crippen LogP contribution in [-0.4, -0.2) is 32.6 Å². The van der Waals surface area contributed by atoms with Gasteiger partial charge in [0, 0.05) is 26.1 Å². The molecule has 0 aromatic heterocycles. The Morgan fingerprint density at radius 1 is 0.611 bits per heavy atom. The molecule has 0 spiro atoms. The third-order valence-corrected chi connectivity index (χ3v) is 7.49. The molecule has 0 bridgehead atoms. The molecule has 0 aliphatic carbocycles. The highest BCUT2D eigenvalue weighted by Gasteiger charge is 2.14. The first-order valence-corrected chi connectivity index (χ1v) is 15.8. The normalized spacial score (nSPS) is 12.2. The number of carbonyl (C=O) groups is 2. The van der Waals surface area contributed by atoms with Gasteiger partial charge in [0.05, 0.1) is 6.61 Å². The Morgan fingerprint density at radius 2 is 1.06 bits per heavy atom. The van der Waals surface area contributed by atoms with Crippen LogP contribution in [0.1, 0.15) is 162 Å². The fourth-order valence-electron chi connectivity index (χ4n) is 5.05. The lowest BCUT2D eigenvalue weighted by molar-refractivity contribution is -0.145. The lowest BCUT2D eigenvalue weighted by atomic mass is 9.92. The zero-order valence-corrected chi connectivity index (χ0v) is 24.5.